The molecule has 2 amide bonds. The average molecular weight is 267 g/mol. The summed E-state index contributed by atoms with van der Waals surface area (Å²) in [6.45, 7) is 4.41. The van der Waals surface area contributed by atoms with Crippen molar-refractivity contribution >= 4 is 17.8 Å². The van der Waals surface area contributed by atoms with Crippen LogP contribution in [0.4, 0.5) is 0 Å². The quantitative estimate of drug-likeness (QED) is 0.495. The third-order valence-electron chi connectivity index (χ3n) is 3.39. The van der Waals surface area contributed by atoms with Crippen LogP contribution in [0.15, 0.2) is 12.2 Å². The summed E-state index contributed by atoms with van der Waals surface area (Å²) >= 11 is 0. The molecule has 106 valence electrons. The molecule has 1 aliphatic rings. The first kappa shape index (κ1) is 15.4. The van der Waals surface area contributed by atoms with Crippen LogP contribution in [0.5, 0.6) is 0 Å². The Labute approximate surface area is 113 Å². The number of amides is 2. The summed E-state index contributed by atoms with van der Waals surface area (Å²) in [5.74, 6) is -0.409. The Bertz CT molecular complexity index is 354. The van der Waals surface area contributed by atoms with Gasteiger partial charge in [0.25, 0.3) is 11.8 Å². The molecule has 0 N–H and O–H groups in total. The lowest BCUT2D eigenvalue weighted by Crippen LogP contribution is -2.33. The van der Waals surface area contributed by atoms with Crippen LogP contribution in [-0.4, -0.2) is 35.8 Å². The molecule has 0 spiro atoms. The number of hydrogen-bond donors (Lipinski definition) is 0. The minimum Gasteiger partial charge on any atom is -0.464 e. The van der Waals surface area contributed by atoms with E-state index < -0.39 is 0 Å². The minimum atomic E-state index is -0.349. The molecule has 5 nitrogen and oxygen atoms in total. The predicted molar refractivity (Wildman–Crippen MR) is 70.1 cm³/mol. The van der Waals surface area contributed by atoms with Gasteiger partial charge in [0, 0.05) is 18.6 Å². The van der Waals surface area contributed by atoms with Crippen LogP contribution < -0.4 is 0 Å². The molecule has 5 heteroatoms. The molecule has 0 saturated carbocycles. The first-order valence-corrected chi connectivity index (χ1v) is 6.77. The number of esters is 1. The van der Waals surface area contributed by atoms with Gasteiger partial charge in [-0.2, -0.15) is 0 Å². The van der Waals surface area contributed by atoms with Crippen molar-refractivity contribution in [3.8, 4) is 0 Å². The maximum absolute atomic E-state index is 11.5. The van der Waals surface area contributed by atoms with Gasteiger partial charge in [0.05, 0.1) is 6.54 Å². The van der Waals surface area contributed by atoms with Crippen LogP contribution in [-0.2, 0) is 19.1 Å². The van der Waals surface area contributed by atoms with E-state index in [4.69, 9.17) is 4.74 Å². The largest absolute Gasteiger partial charge is 0.464 e. The third-order valence-corrected chi connectivity index (χ3v) is 3.39. The Kier molecular flexibility index (Phi) is 6.25. The maximum atomic E-state index is 11.5. The smallest absolute Gasteiger partial charge is 0.305 e. The Morgan fingerprint density at radius 1 is 1.21 bits per heavy atom. The van der Waals surface area contributed by atoms with Crippen molar-refractivity contribution in [1.82, 2.24) is 4.90 Å². The summed E-state index contributed by atoms with van der Waals surface area (Å²) < 4.78 is 5.03. The van der Waals surface area contributed by atoms with E-state index in [1.54, 1.807) is 0 Å². The van der Waals surface area contributed by atoms with Crippen LogP contribution in [0.1, 0.15) is 39.5 Å². The van der Waals surface area contributed by atoms with Gasteiger partial charge in [-0.15, -0.1) is 0 Å². The van der Waals surface area contributed by atoms with E-state index >= 15 is 0 Å². The second kappa shape index (κ2) is 7.71. The third kappa shape index (κ3) is 4.85. The highest BCUT2D eigenvalue weighted by atomic mass is 16.5. The highest BCUT2D eigenvalue weighted by Crippen LogP contribution is 2.14. The average Bonchev–Trinajstić information content (AvgIpc) is 2.71. The minimum absolute atomic E-state index is 0.0703. The first-order valence-electron chi connectivity index (χ1n) is 6.77. The molecule has 19 heavy (non-hydrogen) atoms. The molecule has 0 radical (unpaired) electrons. The molecule has 0 aromatic rings. The van der Waals surface area contributed by atoms with Gasteiger partial charge in [0.1, 0.15) is 6.61 Å². The molecule has 0 fully saturated rings. The fourth-order valence-corrected chi connectivity index (χ4v) is 1.99. The van der Waals surface area contributed by atoms with Gasteiger partial charge in [-0.1, -0.05) is 26.7 Å². The van der Waals surface area contributed by atoms with Gasteiger partial charge < -0.3 is 4.74 Å². The molecule has 0 atom stereocenters. The standard InChI is InChI=1S/C14H21NO4/c1-3-11(4-2)5-8-14(18)19-10-9-15-12(16)6-7-13(15)17/h6-7,11H,3-5,8-10H2,1-2H3. The van der Waals surface area contributed by atoms with E-state index in [2.05, 4.69) is 13.8 Å². The lowest BCUT2D eigenvalue weighted by molar-refractivity contribution is -0.147. The van der Waals surface area contributed by atoms with E-state index in [1.807, 2.05) is 0 Å². The normalized spacial score (nSPS) is 14.6. The van der Waals surface area contributed by atoms with Crippen LogP contribution >= 0.6 is 0 Å². The zero-order chi connectivity index (χ0) is 14.3. The van der Waals surface area contributed by atoms with Gasteiger partial charge in [0.15, 0.2) is 0 Å². The Morgan fingerprint density at radius 3 is 2.32 bits per heavy atom. The zero-order valence-corrected chi connectivity index (χ0v) is 11.6. The molecular formula is C14H21NO4. The molecule has 0 aromatic carbocycles. The van der Waals surface area contributed by atoms with Gasteiger partial charge in [-0.3, -0.25) is 19.3 Å². The van der Waals surface area contributed by atoms with Gasteiger partial charge >= 0.3 is 5.97 Å². The van der Waals surface area contributed by atoms with Gasteiger partial charge in [-0.25, -0.2) is 0 Å². The fraction of sp³-hybridized carbons (Fsp3) is 0.643. The molecule has 1 rings (SSSR count). The molecule has 0 unspecified atom stereocenters. The van der Waals surface area contributed by atoms with Crippen molar-refractivity contribution in [2.75, 3.05) is 13.2 Å². The van der Waals surface area contributed by atoms with Crippen molar-refractivity contribution < 1.29 is 19.1 Å². The lowest BCUT2D eigenvalue weighted by Gasteiger charge is -2.14. The number of ether oxygens (including phenoxy) is 1. The molecule has 0 bridgehead atoms. The van der Waals surface area contributed by atoms with Crippen molar-refractivity contribution in [3.63, 3.8) is 0 Å². The monoisotopic (exact) mass is 267 g/mol. The van der Waals surface area contributed by atoms with Gasteiger partial charge in [-0.05, 0) is 12.3 Å². The van der Waals surface area contributed by atoms with Crippen molar-refractivity contribution in [3.05, 3.63) is 12.2 Å². The molecule has 0 aliphatic carbocycles. The zero-order valence-electron chi connectivity index (χ0n) is 11.6. The van der Waals surface area contributed by atoms with E-state index in [0.717, 1.165) is 24.2 Å². The van der Waals surface area contributed by atoms with Crippen molar-refractivity contribution in [2.45, 2.75) is 39.5 Å². The van der Waals surface area contributed by atoms with Crippen molar-refractivity contribution in [2.24, 2.45) is 5.92 Å². The summed E-state index contributed by atoms with van der Waals surface area (Å²) in [6, 6.07) is 0. The van der Waals surface area contributed by atoms with E-state index in [1.165, 1.54) is 12.2 Å². The van der Waals surface area contributed by atoms with Crippen LogP contribution in [0, 0.1) is 5.92 Å². The van der Waals surface area contributed by atoms with Crippen LogP contribution in [0.2, 0.25) is 0 Å². The SMILES string of the molecule is CCC(CC)CCC(=O)OCCN1C(=O)C=CC1=O. The van der Waals surface area contributed by atoms with Crippen LogP contribution in [0.3, 0.4) is 0 Å². The molecule has 1 aliphatic heterocycles. The number of nitrogens with zero attached hydrogens (tertiary/aromatic N) is 1. The van der Waals surface area contributed by atoms with E-state index in [9.17, 15) is 14.4 Å². The molecule has 0 saturated heterocycles. The first-order chi connectivity index (χ1) is 9.08. The Morgan fingerprint density at radius 2 is 1.79 bits per heavy atom. The van der Waals surface area contributed by atoms with E-state index in [0.29, 0.717) is 12.3 Å². The summed E-state index contributed by atoms with van der Waals surface area (Å²) in [4.78, 5) is 35.0. The highest BCUT2D eigenvalue weighted by Gasteiger charge is 2.23. The number of imide groups is 1. The lowest BCUT2D eigenvalue weighted by atomic mass is 9.98. The van der Waals surface area contributed by atoms with Crippen LogP contribution in [0.25, 0.3) is 0 Å². The molecular weight excluding hydrogens is 246 g/mol. The number of hydrogen-bond acceptors (Lipinski definition) is 4. The number of carbonyl (C=O) groups is 3. The molecule has 1 heterocycles. The summed E-state index contributed by atoms with van der Waals surface area (Å²) in [5.41, 5.74) is 0. The van der Waals surface area contributed by atoms with Crippen molar-refractivity contribution in [1.29, 1.82) is 0 Å². The molecule has 0 aromatic heterocycles. The maximum Gasteiger partial charge on any atom is 0.305 e. The summed E-state index contributed by atoms with van der Waals surface area (Å²) in [6.07, 6.45) is 5.79. The fourth-order valence-electron chi connectivity index (χ4n) is 1.99. The summed E-state index contributed by atoms with van der Waals surface area (Å²) in [5, 5.41) is 0. The van der Waals surface area contributed by atoms with Gasteiger partial charge in [0.2, 0.25) is 0 Å². The predicted octanol–water partition coefficient (Wildman–Crippen LogP) is 1.67. The topological polar surface area (TPSA) is 63.7 Å². The highest BCUT2D eigenvalue weighted by molar-refractivity contribution is 6.12. The number of rotatable bonds is 8. The second-order valence-electron chi connectivity index (χ2n) is 4.60. The van der Waals surface area contributed by atoms with E-state index in [-0.39, 0.29) is 30.9 Å². The number of carbonyl (C=O) groups excluding carboxylic acids is 3. The second-order valence-corrected chi connectivity index (χ2v) is 4.60. The Balaban J connectivity index is 2.17. The Hall–Kier alpha value is -1.65. The summed E-state index contributed by atoms with van der Waals surface area (Å²) in [7, 11) is 0.